The van der Waals surface area contributed by atoms with Crippen molar-refractivity contribution in [3.8, 4) is 0 Å². The van der Waals surface area contributed by atoms with Crippen LogP contribution in [0.4, 0.5) is 0 Å². The average molecular weight is 336 g/mol. The van der Waals surface area contributed by atoms with Gasteiger partial charge in [0, 0.05) is 12.1 Å². The van der Waals surface area contributed by atoms with E-state index in [0.717, 1.165) is 31.2 Å². The van der Waals surface area contributed by atoms with Crippen molar-refractivity contribution in [2.45, 2.75) is 86.9 Å². The Bertz CT molecular complexity index is 595. The molecule has 0 heterocycles. The van der Waals surface area contributed by atoms with Crippen LogP contribution in [0, 0.1) is 6.92 Å². The molecule has 0 amide bonds. The molecule has 0 atom stereocenters. The number of aryl methyl sites for hydroxylation is 1. The molecule has 0 aliphatic heterocycles. The number of sulfone groups is 1. The molecule has 0 radical (unpaired) electrons. The molecule has 3 rings (SSSR count). The van der Waals surface area contributed by atoms with E-state index in [9.17, 15) is 8.42 Å². The lowest BCUT2D eigenvalue weighted by Crippen LogP contribution is -2.43. The summed E-state index contributed by atoms with van der Waals surface area (Å²) in [6.45, 7) is 1.98. The molecule has 0 bridgehead atoms. The van der Waals surface area contributed by atoms with Gasteiger partial charge in [0.1, 0.15) is 0 Å². The van der Waals surface area contributed by atoms with Crippen molar-refractivity contribution in [2.75, 3.05) is 0 Å². The summed E-state index contributed by atoms with van der Waals surface area (Å²) in [5.41, 5.74) is 1.10. The van der Waals surface area contributed by atoms with Crippen molar-refractivity contribution in [1.82, 2.24) is 5.32 Å². The van der Waals surface area contributed by atoms with Crippen molar-refractivity contribution >= 4 is 9.84 Å². The highest BCUT2D eigenvalue weighted by Crippen LogP contribution is 2.30. The second-order valence-electron chi connectivity index (χ2n) is 7.33. The zero-order chi connectivity index (χ0) is 16.3. The van der Waals surface area contributed by atoms with Gasteiger partial charge >= 0.3 is 0 Å². The second kappa shape index (κ2) is 7.35. The highest BCUT2D eigenvalue weighted by Gasteiger charge is 2.32. The predicted molar refractivity (Wildman–Crippen MR) is 94.4 cm³/mol. The van der Waals surface area contributed by atoms with Gasteiger partial charge in [-0.05, 0) is 57.6 Å². The molecule has 1 N–H and O–H groups in total. The maximum atomic E-state index is 12.8. The van der Waals surface area contributed by atoms with Crippen LogP contribution in [0.2, 0.25) is 0 Å². The maximum Gasteiger partial charge on any atom is 0.181 e. The van der Waals surface area contributed by atoms with Gasteiger partial charge in [-0.2, -0.15) is 0 Å². The summed E-state index contributed by atoms with van der Waals surface area (Å²) in [6, 6.07) is 8.49. The minimum atomic E-state index is -3.16. The second-order valence-corrected chi connectivity index (χ2v) is 9.56. The molecule has 1 aromatic carbocycles. The number of hydrogen-bond acceptors (Lipinski definition) is 3. The molecular weight excluding hydrogens is 306 g/mol. The van der Waals surface area contributed by atoms with E-state index >= 15 is 0 Å². The van der Waals surface area contributed by atoms with Gasteiger partial charge in [-0.25, -0.2) is 8.42 Å². The first-order valence-electron chi connectivity index (χ1n) is 9.12. The molecule has 1 aromatic rings. The van der Waals surface area contributed by atoms with Crippen LogP contribution in [-0.2, 0) is 9.84 Å². The summed E-state index contributed by atoms with van der Waals surface area (Å²) in [5, 5.41) is 3.58. The molecule has 0 spiro atoms. The first-order chi connectivity index (χ1) is 11.1. The van der Waals surface area contributed by atoms with Crippen LogP contribution in [0.5, 0.6) is 0 Å². The Morgan fingerprint density at radius 3 is 2.00 bits per heavy atom. The Hall–Kier alpha value is -0.870. The summed E-state index contributed by atoms with van der Waals surface area (Å²) < 4.78 is 25.5. The molecule has 4 heteroatoms. The lowest BCUT2D eigenvalue weighted by Gasteiger charge is -2.33. The monoisotopic (exact) mass is 335 g/mol. The van der Waals surface area contributed by atoms with Gasteiger partial charge in [-0.15, -0.1) is 0 Å². The smallest absolute Gasteiger partial charge is 0.181 e. The molecule has 23 heavy (non-hydrogen) atoms. The van der Waals surface area contributed by atoms with Crippen molar-refractivity contribution in [3.05, 3.63) is 29.8 Å². The van der Waals surface area contributed by atoms with E-state index < -0.39 is 9.84 Å². The maximum absolute atomic E-state index is 12.8. The molecule has 2 saturated carbocycles. The summed E-state index contributed by atoms with van der Waals surface area (Å²) in [4.78, 5) is 0.492. The molecule has 3 nitrogen and oxygen atoms in total. The number of rotatable bonds is 4. The summed E-state index contributed by atoms with van der Waals surface area (Å²) >= 11 is 0. The van der Waals surface area contributed by atoms with Crippen molar-refractivity contribution in [3.63, 3.8) is 0 Å². The highest BCUT2D eigenvalue weighted by atomic mass is 32.2. The van der Waals surface area contributed by atoms with E-state index in [-0.39, 0.29) is 5.25 Å². The summed E-state index contributed by atoms with van der Waals surface area (Å²) in [7, 11) is -3.16. The third kappa shape index (κ3) is 4.16. The fourth-order valence-corrected chi connectivity index (χ4v) is 5.86. The van der Waals surface area contributed by atoms with Gasteiger partial charge in [0.25, 0.3) is 0 Å². The average Bonchev–Trinajstić information content (AvgIpc) is 2.57. The number of hydrogen-bond donors (Lipinski definition) is 1. The lowest BCUT2D eigenvalue weighted by molar-refractivity contribution is 0.291. The fourth-order valence-electron chi connectivity index (χ4n) is 4.06. The Morgan fingerprint density at radius 2 is 1.39 bits per heavy atom. The summed E-state index contributed by atoms with van der Waals surface area (Å²) in [5.74, 6) is 0. The molecule has 128 valence electrons. The van der Waals surface area contributed by atoms with E-state index in [1.165, 1.54) is 32.1 Å². The van der Waals surface area contributed by atoms with Gasteiger partial charge in [-0.3, -0.25) is 0 Å². The standard InChI is InChI=1S/C19H29NO2S/c1-15-7-11-18(12-8-15)23(21,22)19-13-9-17(10-14-19)20-16-5-3-2-4-6-16/h7-8,11-12,16-17,19-20H,2-6,9-10,13-14H2,1H3. The third-order valence-corrected chi connectivity index (χ3v) is 7.82. The van der Waals surface area contributed by atoms with Gasteiger partial charge in [0.15, 0.2) is 9.84 Å². The molecule has 0 unspecified atom stereocenters. The highest BCUT2D eigenvalue weighted by molar-refractivity contribution is 7.92. The lowest BCUT2D eigenvalue weighted by atomic mass is 9.91. The molecule has 0 saturated heterocycles. The van der Waals surface area contributed by atoms with Crippen LogP contribution < -0.4 is 5.32 Å². The normalized spacial score (nSPS) is 27.0. The summed E-state index contributed by atoms with van der Waals surface area (Å²) in [6.07, 6.45) is 10.2. The van der Waals surface area contributed by atoms with E-state index in [2.05, 4.69) is 5.32 Å². The molecule has 2 aliphatic carbocycles. The first kappa shape index (κ1) is 17.0. The minimum absolute atomic E-state index is 0.199. The topological polar surface area (TPSA) is 46.2 Å². The zero-order valence-electron chi connectivity index (χ0n) is 14.1. The third-order valence-electron chi connectivity index (χ3n) is 5.54. The molecule has 2 aliphatic rings. The van der Waals surface area contributed by atoms with Gasteiger partial charge in [-0.1, -0.05) is 37.0 Å². The minimum Gasteiger partial charge on any atom is -0.311 e. The van der Waals surface area contributed by atoms with Crippen molar-refractivity contribution < 1.29 is 8.42 Å². The molecule has 0 aromatic heterocycles. The SMILES string of the molecule is Cc1ccc(S(=O)(=O)C2CCC(NC3CCCCC3)CC2)cc1. The fraction of sp³-hybridized carbons (Fsp3) is 0.684. The molecule has 2 fully saturated rings. The van der Waals surface area contributed by atoms with Crippen LogP contribution in [0.15, 0.2) is 29.2 Å². The predicted octanol–water partition coefficient (Wildman–Crippen LogP) is 4.00. The quantitative estimate of drug-likeness (QED) is 0.904. The number of nitrogens with one attached hydrogen (secondary N) is 1. The van der Waals surface area contributed by atoms with Crippen molar-refractivity contribution in [1.29, 1.82) is 0 Å². The van der Waals surface area contributed by atoms with Gasteiger partial charge in [0.2, 0.25) is 0 Å². The van der Waals surface area contributed by atoms with Crippen molar-refractivity contribution in [2.24, 2.45) is 0 Å². The Labute approximate surface area is 140 Å². The van der Waals surface area contributed by atoms with Crippen LogP contribution in [-0.4, -0.2) is 25.8 Å². The Balaban J connectivity index is 1.56. The van der Waals surface area contributed by atoms with Crippen LogP contribution in [0.25, 0.3) is 0 Å². The molecular formula is C19H29NO2S. The largest absolute Gasteiger partial charge is 0.311 e. The van der Waals surface area contributed by atoms with Gasteiger partial charge < -0.3 is 5.32 Å². The van der Waals surface area contributed by atoms with E-state index in [4.69, 9.17) is 0 Å². The Morgan fingerprint density at radius 1 is 0.826 bits per heavy atom. The van der Waals surface area contributed by atoms with E-state index in [0.29, 0.717) is 17.0 Å². The van der Waals surface area contributed by atoms with E-state index in [1.807, 2.05) is 19.1 Å². The van der Waals surface area contributed by atoms with Crippen LogP contribution >= 0.6 is 0 Å². The first-order valence-corrected chi connectivity index (χ1v) is 10.7. The van der Waals surface area contributed by atoms with E-state index in [1.54, 1.807) is 12.1 Å². The van der Waals surface area contributed by atoms with Crippen LogP contribution in [0.1, 0.15) is 63.4 Å². The number of benzene rings is 1. The van der Waals surface area contributed by atoms with Gasteiger partial charge in [0.05, 0.1) is 10.1 Å². The van der Waals surface area contributed by atoms with Crippen LogP contribution in [0.3, 0.4) is 0 Å². The zero-order valence-corrected chi connectivity index (χ0v) is 14.9. The Kier molecular flexibility index (Phi) is 5.42.